The van der Waals surface area contributed by atoms with Crippen LogP contribution in [0.25, 0.3) is 0 Å². The van der Waals surface area contributed by atoms with E-state index in [9.17, 15) is 9.18 Å². The van der Waals surface area contributed by atoms with E-state index in [1.807, 2.05) is 18.2 Å². The van der Waals surface area contributed by atoms with E-state index in [2.05, 4.69) is 6.58 Å². The van der Waals surface area contributed by atoms with Crippen molar-refractivity contribution in [1.29, 1.82) is 0 Å². The number of hydrogen-bond acceptors (Lipinski definition) is 5. The molecule has 178 valence electrons. The Balaban J connectivity index is 1.91. The van der Waals surface area contributed by atoms with Gasteiger partial charge in [0.1, 0.15) is 29.7 Å². The van der Waals surface area contributed by atoms with Gasteiger partial charge in [-0.3, -0.25) is 4.79 Å². The van der Waals surface area contributed by atoms with Crippen LogP contribution >= 0.6 is 0 Å². The van der Waals surface area contributed by atoms with Crippen LogP contribution in [-0.2, 0) is 16.1 Å². The van der Waals surface area contributed by atoms with Crippen LogP contribution in [0.2, 0.25) is 0 Å². The van der Waals surface area contributed by atoms with Crippen molar-refractivity contribution < 1.29 is 28.1 Å². The van der Waals surface area contributed by atoms with Crippen LogP contribution in [0.5, 0.6) is 23.0 Å². The average molecular weight is 466 g/mol. The van der Waals surface area contributed by atoms with Gasteiger partial charge in [-0.2, -0.15) is 0 Å². The molecule has 0 aromatic heterocycles. The van der Waals surface area contributed by atoms with Crippen molar-refractivity contribution in [2.75, 3.05) is 31.8 Å². The second-order valence-corrected chi connectivity index (χ2v) is 7.32. The van der Waals surface area contributed by atoms with Gasteiger partial charge in [0.2, 0.25) is 5.91 Å². The van der Waals surface area contributed by atoms with Gasteiger partial charge in [0, 0.05) is 18.6 Å². The summed E-state index contributed by atoms with van der Waals surface area (Å²) in [5.41, 5.74) is 0.993. The number of carbonyl (C=O) groups is 1. The molecule has 0 aliphatic heterocycles. The molecule has 3 rings (SSSR count). The van der Waals surface area contributed by atoms with E-state index in [4.69, 9.17) is 18.9 Å². The second-order valence-electron chi connectivity index (χ2n) is 7.32. The standard InChI is InChI=1S/C27H28FNO5/c1-4-14-32-15-16-33-26-13-11-24(31-3)17-21(26)19-29(20(2)30)25-18-22(28)10-12-27(25)34-23-8-6-5-7-9-23/h4-13,17-18H,1,14-16,19H2,2-3H3. The monoisotopic (exact) mass is 465 g/mol. The topological polar surface area (TPSA) is 57.2 Å². The maximum Gasteiger partial charge on any atom is 0.224 e. The third-order valence-electron chi connectivity index (χ3n) is 4.88. The summed E-state index contributed by atoms with van der Waals surface area (Å²) in [4.78, 5) is 14.2. The Morgan fingerprint density at radius 2 is 1.76 bits per heavy atom. The zero-order chi connectivity index (χ0) is 24.3. The molecule has 3 aromatic rings. The van der Waals surface area contributed by atoms with Crippen LogP contribution in [0.3, 0.4) is 0 Å². The lowest BCUT2D eigenvalue weighted by Gasteiger charge is -2.25. The number of benzene rings is 3. The van der Waals surface area contributed by atoms with Gasteiger partial charge in [0.15, 0.2) is 5.75 Å². The highest BCUT2D eigenvalue weighted by molar-refractivity contribution is 5.93. The summed E-state index contributed by atoms with van der Waals surface area (Å²) in [5, 5.41) is 0. The summed E-state index contributed by atoms with van der Waals surface area (Å²) in [5.74, 6) is 1.33. The first kappa shape index (κ1) is 24.8. The highest BCUT2D eigenvalue weighted by Gasteiger charge is 2.21. The molecule has 0 bridgehead atoms. The van der Waals surface area contributed by atoms with Gasteiger partial charge in [-0.25, -0.2) is 4.39 Å². The first-order valence-electron chi connectivity index (χ1n) is 10.8. The number of rotatable bonds is 12. The molecule has 0 N–H and O–H groups in total. The molecule has 0 atom stereocenters. The zero-order valence-corrected chi connectivity index (χ0v) is 19.3. The molecule has 0 saturated carbocycles. The summed E-state index contributed by atoms with van der Waals surface area (Å²) in [7, 11) is 1.56. The van der Waals surface area contributed by atoms with Crippen LogP contribution in [-0.4, -0.2) is 32.8 Å². The van der Waals surface area contributed by atoms with E-state index in [-0.39, 0.29) is 12.5 Å². The smallest absolute Gasteiger partial charge is 0.224 e. The van der Waals surface area contributed by atoms with Crippen LogP contribution in [0.1, 0.15) is 12.5 Å². The number of halogens is 1. The van der Waals surface area contributed by atoms with Gasteiger partial charge in [-0.15, -0.1) is 6.58 Å². The van der Waals surface area contributed by atoms with E-state index in [0.717, 1.165) is 0 Å². The van der Waals surface area contributed by atoms with E-state index >= 15 is 0 Å². The fourth-order valence-electron chi connectivity index (χ4n) is 3.26. The lowest BCUT2D eigenvalue weighted by Crippen LogP contribution is -2.28. The Kier molecular flexibility index (Phi) is 9.05. The summed E-state index contributed by atoms with van der Waals surface area (Å²) in [6, 6.07) is 18.5. The van der Waals surface area contributed by atoms with Crippen LogP contribution in [0.4, 0.5) is 10.1 Å². The Morgan fingerprint density at radius 3 is 2.47 bits per heavy atom. The highest BCUT2D eigenvalue weighted by atomic mass is 19.1. The van der Waals surface area contributed by atoms with Gasteiger partial charge < -0.3 is 23.8 Å². The molecule has 3 aromatic carbocycles. The fourth-order valence-corrected chi connectivity index (χ4v) is 3.26. The maximum atomic E-state index is 14.3. The van der Waals surface area contributed by atoms with E-state index in [0.29, 0.717) is 54.1 Å². The SMILES string of the molecule is C=CCOCCOc1ccc(OC)cc1CN(C(C)=O)c1cc(F)ccc1Oc1ccccc1. The first-order valence-corrected chi connectivity index (χ1v) is 10.8. The third-order valence-corrected chi connectivity index (χ3v) is 4.88. The molecule has 0 spiro atoms. The Labute approximate surface area is 199 Å². The van der Waals surface area contributed by atoms with Crippen molar-refractivity contribution >= 4 is 11.6 Å². The van der Waals surface area contributed by atoms with E-state index in [1.165, 1.54) is 30.0 Å². The molecule has 6 nitrogen and oxygen atoms in total. The fraction of sp³-hybridized carbons (Fsp3) is 0.222. The lowest BCUT2D eigenvalue weighted by atomic mass is 10.1. The first-order chi connectivity index (χ1) is 16.5. The number of anilines is 1. The Hall–Kier alpha value is -3.84. The van der Waals surface area contributed by atoms with Crippen molar-refractivity contribution in [2.45, 2.75) is 13.5 Å². The summed E-state index contributed by atoms with van der Waals surface area (Å²) in [6.45, 7) is 6.27. The van der Waals surface area contributed by atoms with Crippen LogP contribution in [0, 0.1) is 5.82 Å². The molecular weight excluding hydrogens is 437 g/mol. The number of amides is 1. The van der Waals surface area contributed by atoms with Crippen molar-refractivity contribution in [2.24, 2.45) is 0 Å². The zero-order valence-electron chi connectivity index (χ0n) is 19.3. The normalized spacial score (nSPS) is 10.4. The van der Waals surface area contributed by atoms with Crippen LogP contribution in [0.15, 0.2) is 79.4 Å². The number of para-hydroxylation sites is 1. The van der Waals surface area contributed by atoms with Gasteiger partial charge >= 0.3 is 0 Å². The quantitative estimate of drug-likeness (QED) is 0.251. The lowest BCUT2D eigenvalue weighted by molar-refractivity contribution is -0.116. The minimum absolute atomic E-state index is 0.115. The summed E-state index contributed by atoms with van der Waals surface area (Å²) >= 11 is 0. The minimum Gasteiger partial charge on any atom is -0.497 e. The number of ether oxygens (including phenoxy) is 4. The summed E-state index contributed by atoms with van der Waals surface area (Å²) in [6.07, 6.45) is 1.66. The molecule has 0 aliphatic carbocycles. The van der Waals surface area contributed by atoms with Crippen LogP contribution < -0.4 is 19.1 Å². The molecule has 7 heteroatoms. The van der Waals surface area contributed by atoms with E-state index in [1.54, 1.807) is 43.5 Å². The van der Waals surface area contributed by atoms with Crippen molar-refractivity contribution in [3.8, 4) is 23.0 Å². The molecule has 0 fully saturated rings. The van der Waals surface area contributed by atoms with Gasteiger partial charge in [-0.1, -0.05) is 24.3 Å². The number of carbonyl (C=O) groups excluding carboxylic acids is 1. The van der Waals surface area contributed by atoms with Gasteiger partial charge in [0.25, 0.3) is 0 Å². The number of nitrogens with zero attached hydrogens (tertiary/aromatic N) is 1. The molecule has 0 saturated heterocycles. The highest BCUT2D eigenvalue weighted by Crippen LogP contribution is 2.35. The van der Waals surface area contributed by atoms with Crippen molar-refractivity contribution in [1.82, 2.24) is 0 Å². The van der Waals surface area contributed by atoms with Gasteiger partial charge in [-0.05, 0) is 42.5 Å². The number of methoxy groups -OCH3 is 1. The summed E-state index contributed by atoms with van der Waals surface area (Å²) < 4.78 is 36.8. The Morgan fingerprint density at radius 1 is 1.00 bits per heavy atom. The molecular formula is C27H28FNO5. The molecule has 0 unspecified atom stereocenters. The van der Waals surface area contributed by atoms with Crippen molar-refractivity contribution in [3.63, 3.8) is 0 Å². The molecule has 0 aliphatic rings. The molecule has 0 radical (unpaired) electrons. The Bertz CT molecular complexity index is 1100. The maximum absolute atomic E-state index is 14.3. The second kappa shape index (κ2) is 12.4. The minimum atomic E-state index is -0.483. The molecule has 1 amide bonds. The average Bonchev–Trinajstić information content (AvgIpc) is 2.84. The molecule has 34 heavy (non-hydrogen) atoms. The van der Waals surface area contributed by atoms with Gasteiger partial charge in [0.05, 0.1) is 32.6 Å². The third kappa shape index (κ3) is 6.83. The van der Waals surface area contributed by atoms with E-state index < -0.39 is 5.82 Å². The predicted octanol–water partition coefficient (Wildman–Crippen LogP) is 5.76. The molecule has 0 heterocycles. The number of hydrogen-bond donors (Lipinski definition) is 0. The predicted molar refractivity (Wildman–Crippen MR) is 129 cm³/mol. The van der Waals surface area contributed by atoms with Crippen molar-refractivity contribution in [3.05, 3.63) is 90.8 Å². The largest absolute Gasteiger partial charge is 0.497 e.